The number of esters is 1. The number of halogens is 1. The van der Waals surface area contributed by atoms with Crippen molar-refractivity contribution >= 4 is 29.0 Å². The molecule has 1 aliphatic carbocycles. The lowest BCUT2D eigenvalue weighted by Crippen LogP contribution is -3.00. The van der Waals surface area contributed by atoms with Crippen LogP contribution in [0.5, 0.6) is 0 Å². The van der Waals surface area contributed by atoms with Crippen molar-refractivity contribution in [3.05, 3.63) is 41.0 Å². The Kier molecular flexibility index (Phi) is 7.71. The number of hydrogen-bond donors (Lipinski definition) is 2. The van der Waals surface area contributed by atoms with Crippen LogP contribution >= 0.6 is 11.3 Å². The van der Waals surface area contributed by atoms with Gasteiger partial charge in [0.1, 0.15) is 18.7 Å². The molecule has 3 aliphatic heterocycles. The third kappa shape index (κ3) is 4.91. The highest BCUT2D eigenvalue weighted by atomic mass is 79.9. The van der Waals surface area contributed by atoms with E-state index in [-0.39, 0.29) is 40.8 Å². The maximum atomic E-state index is 13.5. The average Bonchev–Trinajstić information content (AvgIpc) is 3.54. The van der Waals surface area contributed by atoms with E-state index in [1.54, 1.807) is 12.3 Å². The van der Waals surface area contributed by atoms with Crippen LogP contribution < -0.4 is 22.3 Å². The van der Waals surface area contributed by atoms with Gasteiger partial charge < -0.3 is 36.6 Å². The molecule has 2 N–H and O–H groups in total. The monoisotopic (exact) mass is 550 g/mol. The van der Waals surface area contributed by atoms with Crippen LogP contribution in [0.25, 0.3) is 0 Å². The first kappa shape index (κ1) is 25.2. The van der Waals surface area contributed by atoms with Gasteiger partial charge in [-0.25, -0.2) is 14.8 Å². The van der Waals surface area contributed by atoms with E-state index in [1.165, 1.54) is 17.7 Å². The van der Waals surface area contributed by atoms with Crippen LogP contribution in [0.2, 0.25) is 0 Å². The first-order chi connectivity index (χ1) is 16.0. The summed E-state index contributed by atoms with van der Waals surface area (Å²) in [7, 11) is 0. The predicted molar refractivity (Wildman–Crippen MR) is 123 cm³/mol. The van der Waals surface area contributed by atoms with Crippen molar-refractivity contribution in [1.82, 2.24) is 9.97 Å². The predicted octanol–water partition coefficient (Wildman–Crippen LogP) is -0.289. The van der Waals surface area contributed by atoms with E-state index >= 15 is 0 Å². The van der Waals surface area contributed by atoms with E-state index in [1.807, 2.05) is 17.5 Å². The van der Waals surface area contributed by atoms with E-state index in [9.17, 15) is 14.7 Å². The van der Waals surface area contributed by atoms with E-state index in [4.69, 9.17) is 4.74 Å². The lowest BCUT2D eigenvalue weighted by atomic mass is 9.82. The summed E-state index contributed by atoms with van der Waals surface area (Å²) in [6.45, 7) is 2.73. The van der Waals surface area contributed by atoms with E-state index < -0.39 is 11.6 Å². The Morgan fingerprint density at radius 2 is 1.97 bits per heavy atom. The van der Waals surface area contributed by atoms with Crippen LogP contribution in [0.3, 0.4) is 0 Å². The average molecular weight is 552 g/mol. The molecule has 0 aromatic carbocycles. The van der Waals surface area contributed by atoms with Gasteiger partial charge in [-0.1, -0.05) is 18.9 Å². The van der Waals surface area contributed by atoms with Gasteiger partial charge in [0.05, 0.1) is 13.1 Å². The van der Waals surface area contributed by atoms with Gasteiger partial charge in [0.25, 0.3) is 5.91 Å². The molecule has 0 radical (unpaired) electrons. The number of aliphatic hydroxyl groups is 1. The summed E-state index contributed by atoms with van der Waals surface area (Å²) >= 11 is 1.41. The summed E-state index contributed by atoms with van der Waals surface area (Å²) in [6, 6.07) is 5.38. The van der Waals surface area contributed by atoms with Gasteiger partial charge in [-0.15, -0.1) is 11.3 Å². The minimum atomic E-state index is -1.58. The van der Waals surface area contributed by atoms with Gasteiger partial charge in [0, 0.05) is 35.8 Å². The molecule has 6 rings (SSSR count). The molecule has 8 nitrogen and oxygen atoms in total. The number of amides is 1. The molecule has 2 bridgehead atoms. The third-order valence-corrected chi connectivity index (χ3v) is 8.78. The number of nitrogens with one attached hydrogen (secondary N) is 1. The Bertz CT molecular complexity index is 978. The number of carbonyl (C=O) groups is 2. The number of quaternary nitrogens is 1. The molecule has 4 fully saturated rings. The van der Waals surface area contributed by atoms with Crippen molar-refractivity contribution < 1.29 is 40.9 Å². The summed E-state index contributed by atoms with van der Waals surface area (Å²) in [5.41, 5.74) is -1.58. The smallest absolute Gasteiger partial charge is 0.344 e. The zero-order chi connectivity index (χ0) is 22.9. The molecule has 4 aliphatic rings. The van der Waals surface area contributed by atoms with Crippen molar-refractivity contribution in [2.45, 2.75) is 50.2 Å². The summed E-state index contributed by atoms with van der Waals surface area (Å²) in [5, 5.41) is 16.4. The molecule has 10 heteroatoms. The fraction of sp³-hybridized carbons (Fsp3) is 0.583. The highest BCUT2D eigenvalue weighted by molar-refractivity contribution is 7.10. The minimum absolute atomic E-state index is 0. The van der Waals surface area contributed by atoms with Gasteiger partial charge in [0.15, 0.2) is 18.2 Å². The maximum Gasteiger partial charge on any atom is 0.344 e. The number of hydrogen-bond acceptors (Lipinski definition) is 7. The molecule has 3 saturated heterocycles. The first-order valence-electron chi connectivity index (χ1n) is 11.9. The molecule has 5 heterocycles. The Labute approximate surface area is 214 Å². The minimum Gasteiger partial charge on any atom is -1.00 e. The number of aromatic nitrogens is 2. The van der Waals surface area contributed by atoms with Gasteiger partial charge in [-0.05, 0) is 30.4 Å². The number of nitrogens with zero attached hydrogens (tertiary/aromatic N) is 3. The quantitative estimate of drug-likeness (QED) is 0.363. The zero-order valence-corrected chi connectivity index (χ0v) is 21.5. The number of ether oxygens (including phenoxy) is 1. The Balaban J connectivity index is 0.00000274. The molecule has 34 heavy (non-hydrogen) atoms. The molecule has 184 valence electrons. The second-order valence-electron chi connectivity index (χ2n) is 9.78. The van der Waals surface area contributed by atoms with Gasteiger partial charge in [-0.3, -0.25) is 4.79 Å². The second-order valence-corrected chi connectivity index (χ2v) is 10.7. The second kappa shape index (κ2) is 10.4. The van der Waals surface area contributed by atoms with Crippen molar-refractivity contribution in [3.8, 4) is 0 Å². The number of anilines is 1. The van der Waals surface area contributed by atoms with E-state index in [2.05, 4.69) is 15.3 Å². The molecule has 2 aromatic rings. The molecule has 1 unspecified atom stereocenters. The SMILES string of the molecule is O=C(C[N+]12CCC(CC1)[C@@H](OC(=O)C(O)(c1cccs1)C1CCCC1)C2)Nc1ccncn1.[Br-]. The van der Waals surface area contributed by atoms with Crippen LogP contribution in [-0.2, 0) is 19.9 Å². The fourth-order valence-corrected chi connectivity index (χ4v) is 6.85. The number of piperidine rings is 3. The van der Waals surface area contributed by atoms with E-state index in [0.29, 0.717) is 28.3 Å². The van der Waals surface area contributed by atoms with Gasteiger partial charge >= 0.3 is 5.97 Å². The van der Waals surface area contributed by atoms with Crippen LogP contribution in [-0.4, -0.2) is 63.7 Å². The molecule has 1 saturated carbocycles. The molecular formula is C24H31BrN4O4S. The first-order valence-corrected chi connectivity index (χ1v) is 12.7. The Morgan fingerprint density at radius 3 is 2.62 bits per heavy atom. The van der Waals surface area contributed by atoms with Crippen molar-refractivity contribution in [3.63, 3.8) is 0 Å². The largest absolute Gasteiger partial charge is 1.00 e. The fourth-order valence-electron chi connectivity index (χ4n) is 5.96. The highest BCUT2D eigenvalue weighted by Crippen LogP contribution is 2.44. The van der Waals surface area contributed by atoms with E-state index in [0.717, 1.165) is 51.6 Å². The Morgan fingerprint density at radius 1 is 1.21 bits per heavy atom. The zero-order valence-electron chi connectivity index (χ0n) is 19.1. The van der Waals surface area contributed by atoms with Crippen molar-refractivity contribution in [2.24, 2.45) is 11.8 Å². The van der Waals surface area contributed by atoms with Gasteiger partial charge in [-0.2, -0.15) is 0 Å². The van der Waals surface area contributed by atoms with Crippen LogP contribution in [0.15, 0.2) is 36.1 Å². The van der Waals surface area contributed by atoms with Crippen LogP contribution in [0, 0.1) is 11.8 Å². The molecule has 0 spiro atoms. The summed E-state index contributed by atoms with van der Waals surface area (Å²) in [5.74, 6) is 0.0570. The maximum absolute atomic E-state index is 13.5. The lowest BCUT2D eigenvalue weighted by molar-refractivity contribution is -0.939. The summed E-state index contributed by atoms with van der Waals surface area (Å²) in [4.78, 5) is 34.9. The molecule has 2 atom stereocenters. The summed E-state index contributed by atoms with van der Waals surface area (Å²) < 4.78 is 6.70. The van der Waals surface area contributed by atoms with Crippen molar-refractivity contribution in [2.75, 3.05) is 31.5 Å². The number of carbonyl (C=O) groups excluding carboxylic acids is 2. The third-order valence-electron chi connectivity index (χ3n) is 7.78. The number of fused-ring (bicyclic) bond motifs is 3. The van der Waals surface area contributed by atoms with Crippen molar-refractivity contribution in [1.29, 1.82) is 0 Å². The number of rotatable bonds is 7. The van der Waals surface area contributed by atoms with Crippen LogP contribution in [0.1, 0.15) is 43.4 Å². The Hall–Kier alpha value is -1.88. The highest BCUT2D eigenvalue weighted by Gasteiger charge is 2.53. The normalized spacial score (nSPS) is 28.0. The molecule has 2 aromatic heterocycles. The lowest BCUT2D eigenvalue weighted by Gasteiger charge is -2.51. The molecular weight excluding hydrogens is 520 g/mol. The number of thiophene rings is 1. The standard InChI is InChI=1S/C24H30N4O4S.BrH/c29-22(27-21-7-10-25-16-26-21)15-28-11-8-17(9-12-28)19(14-28)32-23(30)24(31,18-4-1-2-5-18)20-6-3-13-33-20;/h3,6-7,10,13,16-19,31H,1-2,4-5,8-9,11-12,14-15H2;1H/t17?,19-,24?,28?;/m0./s1. The molecule has 1 amide bonds. The topological polar surface area (TPSA) is 101 Å². The van der Waals surface area contributed by atoms with Crippen LogP contribution in [0.4, 0.5) is 5.82 Å². The summed E-state index contributed by atoms with van der Waals surface area (Å²) in [6.07, 6.45) is 8.28. The van der Waals surface area contributed by atoms with Gasteiger partial charge in [0.2, 0.25) is 0 Å².